The molecule has 0 spiro atoms. The van der Waals surface area contributed by atoms with E-state index in [0.29, 0.717) is 6.04 Å². The van der Waals surface area contributed by atoms with Crippen molar-refractivity contribution in [2.45, 2.75) is 44.3 Å². The Hall–Kier alpha value is -1.00. The molecule has 1 aromatic heterocycles. The number of hydrogen-bond acceptors (Lipinski definition) is 3. The maximum absolute atomic E-state index is 4.60. The zero-order valence-electron chi connectivity index (χ0n) is 12.0. The molecule has 1 atom stereocenters. The van der Waals surface area contributed by atoms with Crippen molar-refractivity contribution >= 4 is 22.8 Å². The van der Waals surface area contributed by atoms with Gasteiger partial charge in [-0.05, 0) is 51.4 Å². The molecule has 0 aliphatic heterocycles. The molecule has 1 aromatic carbocycles. The monoisotopic (exact) mass is 277 g/mol. The van der Waals surface area contributed by atoms with Gasteiger partial charge in [0, 0.05) is 11.8 Å². The zero-order valence-corrected chi connectivity index (χ0v) is 12.8. The normalized spacial score (nSPS) is 13.0. The predicted molar refractivity (Wildman–Crippen MR) is 83.9 cm³/mol. The van der Waals surface area contributed by atoms with Gasteiger partial charge in [-0.2, -0.15) is 0 Å². The number of hydrogen-bond donors (Lipinski definition) is 2. The molecule has 0 amide bonds. The van der Waals surface area contributed by atoms with Crippen molar-refractivity contribution < 1.29 is 0 Å². The second-order valence-electron chi connectivity index (χ2n) is 5.10. The van der Waals surface area contributed by atoms with Crippen LogP contribution in [0, 0.1) is 6.92 Å². The number of aromatic amines is 1. The molecule has 2 aromatic rings. The molecule has 19 heavy (non-hydrogen) atoms. The van der Waals surface area contributed by atoms with Crippen LogP contribution in [0.2, 0.25) is 0 Å². The third kappa shape index (κ3) is 4.25. The second kappa shape index (κ2) is 6.96. The van der Waals surface area contributed by atoms with Gasteiger partial charge < -0.3 is 10.3 Å². The van der Waals surface area contributed by atoms with Crippen LogP contribution in [0.25, 0.3) is 11.0 Å². The molecular formula is C15H23N3S. The predicted octanol–water partition coefficient (Wildman–Crippen LogP) is 3.74. The Morgan fingerprint density at radius 1 is 1.37 bits per heavy atom. The lowest BCUT2D eigenvalue weighted by Gasteiger charge is -2.08. The fraction of sp³-hybridized carbons (Fsp3) is 0.533. The zero-order chi connectivity index (χ0) is 13.7. The van der Waals surface area contributed by atoms with E-state index in [0.717, 1.165) is 21.9 Å². The van der Waals surface area contributed by atoms with Crippen LogP contribution in [0.15, 0.2) is 23.4 Å². The molecule has 1 unspecified atom stereocenters. The molecule has 4 heteroatoms. The third-order valence-corrected chi connectivity index (χ3v) is 4.34. The number of aromatic nitrogens is 2. The number of fused-ring (bicyclic) bond motifs is 1. The van der Waals surface area contributed by atoms with Gasteiger partial charge in [-0.1, -0.05) is 24.2 Å². The lowest BCUT2D eigenvalue weighted by Crippen LogP contribution is -2.20. The number of nitrogens with one attached hydrogen (secondary N) is 2. The lowest BCUT2D eigenvalue weighted by atomic mass is 10.1. The quantitative estimate of drug-likeness (QED) is 0.598. The minimum Gasteiger partial charge on any atom is -0.333 e. The van der Waals surface area contributed by atoms with Crippen LogP contribution in [0.3, 0.4) is 0 Å². The van der Waals surface area contributed by atoms with Gasteiger partial charge in [0.2, 0.25) is 0 Å². The molecule has 2 rings (SSSR count). The summed E-state index contributed by atoms with van der Waals surface area (Å²) < 4.78 is 0. The Morgan fingerprint density at radius 3 is 3.00 bits per heavy atom. The van der Waals surface area contributed by atoms with Gasteiger partial charge in [0.05, 0.1) is 11.0 Å². The molecule has 1 heterocycles. The van der Waals surface area contributed by atoms with Crippen molar-refractivity contribution in [1.82, 2.24) is 15.3 Å². The minimum atomic E-state index is 0.624. The van der Waals surface area contributed by atoms with Crippen molar-refractivity contribution in [1.29, 1.82) is 0 Å². The highest BCUT2D eigenvalue weighted by Crippen LogP contribution is 2.21. The van der Waals surface area contributed by atoms with Crippen molar-refractivity contribution in [2.75, 3.05) is 12.8 Å². The molecule has 3 nitrogen and oxygen atoms in total. The Labute approximate surface area is 119 Å². The largest absolute Gasteiger partial charge is 0.333 e. The van der Waals surface area contributed by atoms with Crippen molar-refractivity contribution in [3.63, 3.8) is 0 Å². The summed E-state index contributed by atoms with van der Waals surface area (Å²) in [5.41, 5.74) is 3.48. The average molecular weight is 277 g/mol. The average Bonchev–Trinajstić information content (AvgIpc) is 2.79. The van der Waals surface area contributed by atoms with Crippen molar-refractivity contribution in [2.24, 2.45) is 0 Å². The molecule has 0 saturated carbocycles. The molecule has 104 valence electrons. The van der Waals surface area contributed by atoms with E-state index in [4.69, 9.17) is 0 Å². The molecule has 0 bridgehead atoms. The van der Waals surface area contributed by atoms with E-state index >= 15 is 0 Å². The fourth-order valence-electron chi connectivity index (χ4n) is 2.03. The van der Waals surface area contributed by atoms with E-state index < -0.39 is 0 Å². The van der Waals surface area contributed by atoms with E-state index in [1.165, 1.54) is 24.8 Å². The third-order valence-electron chi connectivity index (χ3n) is 3.38. The molecule has 0 aliphatic rings. The van der Waals surface area contributed by atoms with Gasteiger partial charge in [-0.15, -0.1) is 0 Å². The molecule has 0 fully saturated rings. The molecule has 2 N–H and O–H groups in total. The lowest BCUT2D eigenvalue weighted by molar-refractivity contribution is 0.538. The van der Waals surface area contributed by atoms with E-state index in [1.54, 1.807) is 0 Å². The maximum Gasteiger partial charge on any atom is 0.166 e. The van der Waals surface area contributed by atoms with Gasteiger partial charge in [0.1, 0.15) is 0 Å². The first-order chi connectivity index (χ1) is 9.19. The highest BCUT2D eigenvalue weighted by atomic mass is 32.2. The smallest absolute Gasteiger partial charge is 0.166 e. The highest BCUT2D eigenvalue weighted by Gasteiger charge is 2.03. The van der Waals surface area contributed by atoms with Crippen LogP contribution in [-0.4, -0.2) is 28.8 Å². The first-order valence-electron chi connectivity index (χ1n) is 6.95. The van der Waals surface area contributed by atoms with Crippen LogP contribution < -0.4 is 5.32 Å². The first-order valence-corrected chi connectivity index (χ1v) is 7.94. The SMILES string of the molecule is CNC(C)CCCCSc1nc2ccc(C)cc2[nH]1. The number of H-pyrrole nitrogens is 1. The van der Waals surface area contributed by atoms with E-state index in [1.807, 2.05) is 18.8 Å². The summed E-state index contributed by atoms with van der Waals surface area (Å²) in [4.78, 5) is 7.98. The molecular weight excluding hydrogens is 254 g/mol. The Morgan fingerprint density at radius 2 is 2.21 bits per heavy atom. The van der Waals surface area contributed by atoms with Crippen molar-refractivity contribution in [3.05, 3.63) is 23.8 Å². The number of benzene rings is 1. The number of unbranched alkanes of at least 4 members (excludes halogenated alkanes) is 1. The number of thioether (sulfide) groups is 1. The summed E-state index contributed by atoms with van der Waals surface area (Å²) in [5.74, 6) is 1.13. The van der Waals surface area contributed by atoms with E-state index in [9.17, 15) is 0 Å². The number of aryl methyl sites for hydroxylation is 1. The highest BCUT2D eigenvalue weighted by molar-refractivity contribution is 7.99. The number of imidazole rings is 1. The first kappa shape index (κ1) is 14.4. The van der Waals surface area contributed by atoms with Crippen molar-refractivity contribution in [3.8, 4) is 0 Å². The molecule has 0 radical (unpaired) electrons. The maximum atomic E-state index is 4.60. The van der Waals surface area contributed by atoms with Gasteiger partial charge in [-0.25, -0.2) is 4.98 Å². The Balaban J connectivity index is 1.78. The van der Waals surface area contributed by atoms with Crippen LogP contribution in [-0.2, 0) is 0 Å². The van der Waals surface area contributed by atoms with Crippen LogP contribution in [0.5, 0.6) is 0 Å². The summed E-state index contributed by atoms with van der Waals surface area (Å²) in [6, 6.07) is 6.97. The topological polar surface area (TPSA) is 40.7 Å². The van der Waals surface area contributed by atoms with Gasteiger partial charge in [-0.3, -0.25) is 0 Å². The molecule has 0 saturated heterocycles. The summed E-state index contributed by atoms with van der Waals surface area (Å²) >= 11 is 1.82. The summed E-state index contributed by atoms with van der Waals surface area (Å²) in [6.07, 6.45) is 3.76. The van der Waals surface area contributed by atoms with Crippen LogP contribution in [0.1, 0.15) is 31.7 Å². The summed E-state index contributed by atoms with van der Waals surface area (Å²) in [7, 11) is 2.02. The minimum absolute atomic E-state index is 0.624. The van der Waals surface area contributed by atoms with Gasteiger partial charge in [0.25, 0.3) is 0 Å². The van der Waals surface area contributed by atoms with E-state index in [2.05, 4.69) is 47.3 Å². The van der Waals surface area contributed by atoms with Crippen LogP contribution in [0.4, 0.5) is 0 Å². The van der Waals surface area contributed by atoms with E-state index in [-0.39, 0.29) is 0 Å². The standard InChI is InChI=1S/C15H23N3S/c1-11-7-8-13-14(10-11)18-15(17-13)19-9-5-4-6-12(2)16-3/h7-8,10,12,16H,4-6,9H2,1-3H3,(H,17,18). The Bertz CT molecular complexity index is 521. The summed E-state index contributed by atoms with van der Waals surface area (Å²) in [6.45, 7) is 4.34. The van der Waals surface area contributed by atoms with Gasteiger partial charge in [0.15, 0.2) is 5.16 Å². The Kier molecular flexibility index (Phi) is 5.28. The second-order valence-corrected chi connectivity index (χ2v) is 6.18. The number of rotatable bonds is 7. The number of nitrogens with zero attached hydrogens (tertiary/aromatic N) is 1. The summed E-state index contributed by atoms with van der Waals surface area (Å²) in [5, 5.41) is 4.31. The fourth-order valence-corrected chi connectivity index (χ4v) is 2.92. The van der Waals surface area contributed by atoms with Crippen LogP contribution >= 0.6 is 11.8 Å². The molecule has 0 aliphatic carbocycles. The van der Waals surface area contributed by atoms with Gasteiger partial charge >= 0.3 is 0 Å².